The molecule has 7 nitrogen and oxygen atoms in total. The van der Waals surface area contributed by atoms with Crippen molar-refractivity contribution in [2.45, 2.75) is 18.4 Å². The van der Waals surface area contributed by atoms with E-state index in [9.17, 15) is 4.79 Å². The molecule has 0 radical (unpaired) electrons. The van der Waals surface area contributed by atoms with Gasteiger partial charge in [-0.1, -0.05) is 47.5 Å². The van der Waals surface area contributed by atoms with Gasteiger partial charge in [0.15, 0.2) is 0 Å². The molecule has 1 saturated heterocycles. The van der Waals surface area contributed by atoms with Gasteiger partial charge in [0.25, 0.3) is 0 Å². The molecule has 0 amide bonds. The molecule has 1 aliphatic rings. The zero-order valence-electron chi connectivity index (χ0n) is 15.2. The maximum Gasteiger partial charge on any atom is 0.338 e. The second-order valence-corrected chi connectivity index (χ2v) is 7.33. The van der Waals surface area contributed by atoms with Gasteiger partial charge in [-0.05, 0) is 24.3 Å². The van der Waals surface area contributed by atoms with Crippen LogP contribution in [0.5, 0.6) is 0 Å². The predicted molar refractivity (Wildman–Crippen MR) is 106 cm³/mol. The van der Waals surface area contributed by atoms with Gasteiger partial charge in [-0.25, -0.2) is 14.5 Å². The van der Waals surface area contributed by atoms with Crippen LogP contribution in [0.2, 0.25) is 10.0 Å². The number of esters is 1. The van der Waals surface area contributed by atoms with Gasteiger partial charge < -0.3 is 14.2 Å². The quantitative estimate of drug-likeness (QED) is 0.551. The SMILES string of the molecule is O=C(OC[C@H]1COC(Cn2cncn2)(c2ccc(Cl)cc2Cl)O1)c1ccccc1. The second-order valence-electron chi connectivity index (χ2n) is 6.49. The molecular weight excluding hydrogens is 417 g/mol. The topological polar surface area (TPSA) is 75.5 Å². The van der Waals surface area contributed by atoms with Crippen molar-refractivity contribution < 1.29 is 19.0 Å². The van der Waals surface area contributed by atoms with Gasteiger partial charge in [-0.2, -0.15) is 5.10 Å². The second kappa shape index (κ2) is 8.51. The zero-order valence-corrected chi connectivity index (χ0v) is 16.7. The highest BCUT2D eigenvalue weighted by Gasteiger charge is 2.45. The van der Waals surface area contributed by atoms with E-state index in [2.05, 4.69) is 10.1 Å². The summed E-state index contributed by atoms with van der Waals surface area (Å²) < 4.78 is 19.2. The van der Waals surface area contributed by atoms with Crippen LogP contribution < -0.4 is 0 Å². The zero-order chi connectivity index (χ0) is 20.3. The summed E-state index contributed by atoms with van der Waals surface area (Å²) in [6, 6.07) is 13.8. The predicted octanol–water partition coefficient (Wildman–Crippen LogP) is 3.71. The Balaban J connectivity index is 1.51. The number of carbonyl (C=O) groups excluding carboxylic acids is 1. The maximum absolute atomic E-state index is 12.2. The van der Waals surface area contributed by atoms with Crippen LogP contribution >= 0.6 is 23.2 Å². The summed E-state index contributed by atoms with van der Waals surface area (Å²) in [6.07, 6.45) is 2.50. The number of hydrogen-bond donors (Lipinski definition) is 0. The van der Waals surface area contributed by atoms with E-state index in [-0.39, 0.29) is 19.8 Å². The van der Waals surface area contributed by atoms with Crippen molar-refractivity contribution in [1.29, 1.82) is 0 Å². The van der Waals surface area contributed by atoms with Gasteiger partial charge in [-0.3, -0.25) is 0 Å². The lowest BCUT2D eigenvalue weighted by atomic mass is 10.1. The maximum atomic E-state index is 12.2. The van der Waals surface area contributed by atoms with Gasteiger partial charge in [-0.15, -0.1) is 0 Å². The molecule has 150 valence electrons. The van der Waals surface area contributed by atoms with Crippen LogP contribution in [0.4, 0.5) is 0 Å². The van der Waals surface area contributed by atoms with Crippen molar-refractivity contribution >= 4 is 29.2 Å². The third-order valence-corrected chi connectivity index (χ3v) is 5.00. The lowest BCUT2D eigenvalue weighted by Crippen LogP contribution is -2.35. The molecule has 2 heterocycles. The molecule has 4 rings (SSSR count). The molecule has 1 fully saturated rings. The first-order chi connectivity index (χ1) is 14.1. The summed E-state index contributed by atoms with van der Waals surface area (Å²) in [5.74, 6) is -1.63. The van der Waals surface area contributed by atoms with Crippen LogP contribution in [0.15, 0.2) is 61.2 Å². The molecule has 0 bridgehead atoms. The Kier molecular flexibility index (Phi) is 5.82. The smallest absolute Gasteiger partial charge is 0.338 e. The van der Waals surface area contributed by atoms with Gasteiger partial charge in [0.05, 0.1) is 17.2 Å². The Morgan fingerprint density at radius 1 is 1.24 bits per heavy atom. The van der Waals surface area contributed by atoms with E-state index < -0.39 is 17.9 Å². The standard InChI is InChI=1S/C20H17Cl2N3O4/c21-15-6-7-17(18(22)8-15)20(11-25-13-23-12-24-25)28-10-16(29-20)9-27-19(26)14-4-2-1-3-5-14/h1-8,12-13,16H,9-11H2/t16-,20?/m0/s1. The molecular formula is C20H17Cl2N3O4. The van der Waals surface area contributed by atoms with Crippen LogP contribution in [0.3, 0.4) is 0 Å². The third-order valence-electron chi connectivity index (χ3n) is 4.45. The Bertz CT molecular complexity index is 985. The summed E-state index contributed by atoms with van der Waals surface area (Å²) >= 11 is 12.5. The highest BCUT2D eigenvalue weighted by atomic mass is 35.5. The van der Waals surface area contributed by atoms with Crippen molar-refractivity contribution in [2.75, 3.05) is 13.2 Å². The Labute approximate surface area is 177 Å². The lowest BCUT2D eigenvalue weighted by molar-refractivity contribution is -0.191. The summed E-state index contributed by atoms with van der Waals surface area (Å²) in [5, 5.41) is 5.03. The minimum Gasteiger partial charge on any atom is -0.459 e. The number of benzene rings is 2. The van der Waals surface area contributed by atoms with E-state index in [1.165, 1.54) is 6.33 Å². The number of aromatic nitrogens is 3. The van der Waals surface area contributed by atoms with E-state index in [1.807, 2.05) is 6.07 Å². The normalized spacial score (nSPS) is 21.2. The highest BCUT2D eigenvalue weighted by Crippen LogP contribution is 2.40. The van der Waals surface area contributed by atoms with Crippen molar-refractivity contribution in [1.82, 2.24) is 14.8 Å². The number of halogens is 2. The minimum atomic E-state index is -1.21. The Morgan fingerprint density at radius 2 is 2.07 bits per heavy atom. The fourth-order valence-corrected chi connectivity index (χ4v) is 3.66. The molecule has 2 atom stereocenters. The molecule has 0 aliphatic carbocycles. The molecule has 0 spiro atoms. The van der Waals surface area contributed by atoms with Gasteiger partial charge in [0.2, 0.25) is 5.79 Å². The largest absolute Gasteiger partial charge is 0.459 e. The molecule has 1 unspecified atom stereocenters. The molecule has 1 aliphatic heterocycles. The summed E-state index contributed by atoms with van der Waals surface area (Å²) in [5.41, 5.74) is 1.08. The molecule has 9 heteroatoms. The first kappa shape index (κ1) is 19.8. The van der Waals surface area contributed by atoms with Gasteiger partial charge >= 0.3 is 5.97 Å². The van der Waals surface area contributed by atoms with Crippen LogP contribution in [0, 0.1) is 0 Å². The van der Waals surface area contributed by atoms with E-state index in [0.717, 1.165) is 0 Å². The van der Waals surface area contributed by atoms with Crippen molar-refractivity contribution in [3.8, 4) is 0 Å². The van der Waals surface area contributed by atoms with Gasteiger partial charge in [0, 0.05) is 10.6 Å². The summed E-state index contributed by atoms with van der Waals surface area (Å²) in [4.78, 5) is 16.2. The molecule has 0 saturated carbocycles. The first-order valence-corrected chi connectivity index (χ1v) is 9.63. The summed E-state index contributed by atoms with van der Waals surface area (Å²) in [6.45, 7) is 0.477. The average molecular weight is 434 g/mol. The first-order valence-electron chi connectivity index (χ1n) is 8.88. The number of nitrogens with zero attached hydrogens (tertiary/aromatic N) is 3. The number of ether oxygens (including phenoxy) is 3. The average Bonchev–Trinajstić information content (AvgIpc) is 3.37. The number of rotatable bonds is 6. The van der Waals surface area contributed by atoms with Crippen molar-refractivity contribution in [2.24, 2.45) is 0 Å². The Morgan fingerprint density at radius 3 is 2.79 bits per heavy atom. The van der Waals surface area contributed by atoms with Crippen molar-refractivity contribution in [3.05, 3.63) is 82.4 Å². The number of carbonyl (C=O) groups is 1. The molecule has 2 aromatic carbocycles. The van der Waals surface area contributed by atoms with E-state index in [4.69, 9.17) is 37.4 Å². The minimum absolute atomic E-state index is 0.0397. The van der Waals surface area contributed by atoms with E-state index >= 15 is 0 Å². The molecule has 1 aromatic heterocycles. The molecule has 3 aromatic rings. The monoisotopic (exact) mass is 433 g/mol. The van der Waals surface area contributed by atoms with Crippen LogP contribution in [0.1, 0.15) is 15.9 Å². The Hall–Kier alpha value is -2.45. The summed E-state index contributed by atoms with van der Waals surface area (Å²) in [7, 11) is 0. The van der Waals surface area contributed by atoms with Crippen LogP contribution in [-0.2, 0) is 26.5 Å². The van der Waals surface area contributed by atoms with Gasteiger partial charge in [0.1, 0.15) is 31.9 Å². The fourth-order valence-electron chi connectivity index (χ4n) is 3.11. The fraction of sp³-hybridized carbons (Fsp3) is 0.250. The molecule has 0 N–H and O–H groups in total. The van der Waals surface area contributed by atoms with Crippen LogP contribution in [-0.4, -0.2) is 40.1 Å². The van der Waals surface area contributed by atoms with E-state index in [0.29, 0.717) is 21.2 Å². The van der Waals surface area contributed by atoms with Crippen LogP contribution in [0.25, 0.3) is 0 Å². The molecule has 29 heavy (non-hydrogen) atoms. The number of hydrogen-bond acceptors (Lipinski definition) is 6. The van der Waals surface area contributed by atoms with E-state index in [1.54, 1.807) is 53.5 Å². The third kappa shape index (κ3) is 4.43. The highest BCUT2D eigenvalue weighted by molar-refractivity contribution is 6.35. The lowest BCUT2D eigenvalue weighted by Gasteiger charge is -2.29. The van der Waals surface area contributed by atoms with Crippen molar-refractivity contribution in [3.63, 3.8) is 0 Å².